The van der Waals surface area contributed by atoms with Crippen LogP contribution in [0.3, 0.4) is 0 Å². The van der Waals surface area contributed by atoms with Gasteiger partial charge in [-0.25, -0.2) is 0 Å². The third-order valence-corrected chi connectivity index (χ3v) is 3.37. The van der Waals surface area contributed by atoms with Crippen molar-refractivity contribution >= 4 is 0 Å². The van der Waals surface area contributed by atoms with Crippen LogP contribution in [0.2, 0.25) is 0 Å². The first kappa shape index (κ1) is 13.8. The summed E-state index contributed by atoms with van der Waals surface area (Å²) in [6.07, 6.45) is -0.972. The van der Waals surface area contributed by atoms with Gasteiger partial charge in [0.15, 0.2) is 0 Å². The van der Waals surface area contributed by atoms with E-state index < -0.39 is 12.2 Å². The second kappa shape index (κ2) is 6.00. The van der Waals surface area contributed by atoms with Gasteiger partial charge in [0, 0.05) is 6.42 Å². The fourth-order valence-corrected chi connectivity index (χ4v) is 2.06. The first-order valence-corrected chi connectivity index (χ1v) is 6.55. The summed E-state index contributed by atoms with van der Waals surface area (Å²) in [5.41, 5.74) is 4.01. The summed E-state index contributed by atoms with van der Waals surface area (Å²) in [5.74, 6) is 0. The van der Waals surface area contributed by atoms with Crippen LogP contribution in [0.25, 0.3) is 0 Å². The van der Waals surface area contributed by atoms with Crippen LogP contribution >= 0.6 is 0 Å². The molecule has 0 aliphatic rings. The average molecular weight is 256 g/mol. The van der Waals surface area contributed by atoms with E-state index in [4.69, 9.17) is 0 Å². The number of aliphatic hydroxyl groups is 2. The third kappa shape index (κ3) is 3.66. The number of hydrogen-bond acceptors (Lipinski definition) is 2. The Labute approximate surface area is 114 Å². The van der Waals surface area contributed by atoms with Crippen LogP contribution in [0.15, 0.2) is 48.5 Å². The van der Waals surface area contributed by atoms with Crippen LogP contribution in [-0.4, -0.2) is 10.2 Å². The molecule has 0 bridgehead atoms. The molecule has 2 atom stereocenters. The lowest BCUT2D eigenvalue weighted by molar-refractivity contribution is 0.0804. The minimum absolute atomic E-state index is 0.312. The first-order valence-electron chi connectivity index (χ1n) is 6.55. The molecule has 0 unspecified atom stereocenters. The monoisotopic (exact) mass is 256 g/mol. The molecule has 2 heteroatoms. The largest absolute Gasteiger partial charge is 0.388 e. The lowest BCUT2D eigenvalue weighted by Gasteiger charge is -2.16. The zero-order chi connectivity index (χ0) is 13.8. The third-order valence-electron chi connectivity index (χ3n) is 3.37. The highest BCUT2D eigenvalue weighted by Crippen LogP contribution is 2.26. The second-order valence-corrected chi connectivity index (χ2v) is 5.09. The van der Waals surface area contributed by atoms with Gasteiger partial charge in [0.1, 0.15) is 0 Å². The first-order chi connectivity index (χ1) is 9.06. The van der Waals surface area contributed by atoms with Crippen LogP contribution in [0.4, 0.5) is 0 Å². The average Bonchev–Trinajstić information content (AvgIpc) is 2.40. The fourth-order valence-electron chi connectivity index (χ4n) is 2.06. The van der Waals surface area contributed by atoms with E-state index in [0.717, 1.165) is 22.3 Å². The molecule has 2 N–H and O–H groups in total. The Kier molecular flexibility index (Phi) is 4.35. The minimum atomic E-state index is -0.642. The highest BCUT2D eigenvalue weighted by molar-refractivity contribution is 5.25. The molecule has 0 heterocycles. The summed E-state index contributed by atoms with van der Waals surface area (Å²) < 4.78 is 0. The Bertz CT molecular complexity index is 464. The summed E-state index contributed by atoms with van der Waals surface area (Å²) >= 11 is 0. The van der Waals surface area contributed by atoms with Crippen molar-refractivity contribution in [2.24, 2.45) is 0 Å². The number of aliphatic hydroxyl groups excluding tert-OH is 2. The highest BCUT2D eigenvalue weighted by Gasteiger charge is 2.15. The Morgan fingerprint density at radius 3 is 1.32 bits per heavy atom. The van der Waals surface area contributed by atoms with Crippen LogP contribution in [0.5, 0.6) is 0 Å². The summed E-state index contributed by atoms with van der Waals surface area (Å²) in [5, 5.41) is 20.3. The number of benzene rings is 2. The fraction of sp³-hybridized carbons (Fsp3) is 0.294. The predicted octanol–water partition coefficient (Wildman–Crippen LogP) is 3.46. The minimum Gasteiger partial charge on any atom is -0.388 e. The molecule has 2 rings (SSSR count). The maximum absolute atomic E-state index is 10.1. The second-order valence-electron chi connectivity index (χ2n) is 5.09. The van der Waals surface area contributed by atoms with Crippen molar-refractivity contribution in [3.8, 4) is 0 Å². The highest BCUT2D eigenvalue weighted by atomic mass is 16.3. The Morgan fingerprint density at radius 1 is 0.684 bits per heavy atom. The maximum atomic E-state index is 10.1. The quantitative estimate of drug-likeness (QED) is 0.879. The molecule has 0 aliphatic carbocycles. The molecular formula is C17H20O2. The van der Waals surface area contributed by atoms with Gasteiger partial charge in [0.05, 0.1) is 12.2 Å². The molecule has 0 radical (unpaired) electrons. The van der Waals surface area contributed by atoms with Crippen molar-refractivity contribution in [3.05, 3.63) is 70.8 Å². The van der Waals surface area contributed by atoms with E-state index >= 15 is 0 Å². The molecule has 2 aromatic carbocycles. The van der Waals surface area contributed by atoms with Gasteiger partial charge in [-0.1, -0.05) is 59.7 Å². The van der Waals surface area contributed by atoms with Gasteiger partial charge in [-0.3, -0.25) is 0 Å². The number of hydrogen-bond donors (Lipinski definition) is 2. The summed E-state index contributed by atoms with van der Waals surface area (Å²) in [6.45, 7) is 4.02. The number of aryl methyl sites for hydroxylation is 2. The van der Waals surface area contributed by atoms with Crippen molar-refractivity contribution in [2.45, 2.75) is 32.5 Å². The molecule has 0 saturated carbocycles. The topological polar surface area (TPSA) is 40.5 Å². The maximum Gasteiger partial charge on any atom is 0.0818 e. The van der Waals surface area contributed by atoms with E-state index in [2.05, 4.69) is 0 Å². The summed E-state index contributed by atoms with van der Waals surface area (Å²) in [7, 11) is 0. The zero-order valence-corrected chi connectivity index (χ0v) is 11.4. The van der Waals surface area contributed by atoms with Crippen molar-refractivity contribution in [1.82, 2.24) is 0 Å². The molecule has 0 fully saturated rings. The smallest absolute Gasteiger partial charge is 0.0818 e. The van der Waals surface area contributed by atoms with Gasteiger partial charge in [-0.05, 0) is 25.0 Å². The standard InChI is InChI=1S/C17H20O2/c1-12-3-7-14(8-4-12)16(18)11-17(19)15-9-5-13(2)6-10-15/h3-10,16-19H,11H2,1-2H3/t16-,17-/m0/s1. The van der Waals surface area contributed by atoms with Crippen molar-refractivity contribution < 1.29 is 10.2 Å². The molecule has 0 spiro atoms. The van der Waals surface area contributed by atoms with Crippen LogP contribution in [-0.2, 0) is 0 Å². The molecule has 0 saturated heterocycles. The van der Waals surface area contributed by atoms with Gasteiger partial charge in [0.25, 0.3) is 0 Å². The van der Waals surface area contributed by atoms with Crippen molar-refractivity contribution in [1.29, 1.82) is 0 Å². The lowest BCUT2D eigenvalue weighted by atomic mass is 9.98. The molecule has 2 aromatic rings. The molecule has 0 aromatic heterocycles. The van der Waals surface area contributed by atoms with E-state index in [1.54, 1.807) is 0 Å². The van der Waals surface area contributed by atoms with E-state index in [1.165, 1.54) is 0 Å². The van der Waals surface area contributed by atoms with E-state index in [-0.39, 0.29) is 0 Å². The van der Waals surface area contributed by atoms with Gasteiger partial charge in [-0.15, -0.1) is 0 Å². The van der Waals surface area contributed by atoms with Crippen LogP contribution in [0.1, 0.15) is 40.9 Å². The van der Waals surface area contributed by atoms with Gasteiger partial charge < -0.3 is 10.2 Å². The van der Waals surface area contributed by atoms with Gasteiger partial charge >= 0.3 is 0 Å². The Morgan fingerprint density at radius 2 is 1.00 bits per heavy atom. The lowest BCUT2D eigenvalue weighted by Crippen LogP contribution is -2.05. The molecular weight excluding hydrogens is 236 g/mol. The molecule has 2 nitrogen and oxygen atoms in total. The normalized spacial score (nSPS) is 14.1. The van der Waals surface area contributed by atoms with Crippen molar-refractivity contribution in [2.75, 3.05) is 0 Å². The Balaban J connectivity index is 2.03. The summed E-state index contributed by atoms with van der Waals surface area (Å²) in [4.78, 5) is 0. The SMILES string of the molecule is Cc1ccc([C@@H](O)C[C@H](O)c2ccc(C)cc2)cc1. The molecule has 100 valence electrons. The van der Waals surface area contributed by atoms with E-state index in [9.17, 15) is 10.2 Å². The molecule has 0 amide bonds. The predicted molar refractivity (Wildman–Crippen MR) is 76.9 cm³/mol. The number of rotatable bonds is 4. The zero-order valence-electron chi connectivity index (χ0n) is 11.4. The summed E-state index contributed by atoms with van der Waals surface area (Å²) in [6, 6.07) is 15.5. The molecule has 19 heavy (non-hydrogen) atoms. The van der Waals surface area contributed by atoms with E-state index in [1.807, 2.05) is 62.4 Å². The van der Waals surface area contributed by atoms with Crippen LogP contribution in [0, 0.1) is 13.8 Å². The van der Waals surface area contributed by atoms with E-state index in [0.29, 0.717) is 6.42 Å². The molecule has 0 aliphatic heterocycles. The van der Waals surface area contributed by atoms with Crippen LogP contribution < -0.4 is 0 Å². The van der Waals surface area contributed by atoms with Crippen molar-refractivity contribution in [3.63, 3.8) is 0 Å². The Hall–Kier alpha value is -1.64. The van der Waals surface area contributed by atoms with Gasteiger partial charge in [0.2, 0.25) is 0 Å². The van der Waals surface area contributed by atoms with Gasteiger partial charge in [-0.2, -0.15) is 0 Å².